The van der Waals surface area contributed by atoms with Crippen molar-refractivity contribution in [3.63, 3.8) is 0 Å². The maximum Gasteiger partial charge on any atom is 0.126 e. The van der Waals surface area contributed by atoms with Crippen LogP contribution in [0.4, 0.5) is 17.1 Å². The standard InChI is InChI=1S/C21H21N3O/c1-23(2)20-14-13-17(21(25)15-20)16-22-24(18-9-5-3-6-10-18)19-11-7-4-8-12-19/h3-16,25H,1-2H3. The number of benzene rings is 3. The van der Waals surface area contributed by atoms with Crippen LogP contribution in [0.3, 0.4) is 0 Å². The number of rotatable bonds is 5. The molecule has 1 N–H and O–H groups in total. The lowest BCUT2D eigenvalue weighted by Gasteiger charge is -2.19. The number of phenols is 1. The number of para-hydroxylation sites is 2. The van der Waals surface area contributed by atoms with Gasteiger partial charge >= 0.3 is 0 Å². The van der Waals surface area contributed by atoms with Gasteiger partial charge in [0.1, 0.15) is 5.75 Å². The van der Waals surface area contributed by atoms with Crippen molar-refractivity contribution >= 4 is 23.3 Å². The second-order valence-corrected chi connectivity index (χ2v) is 5.87. The minimum absolute atomic E-state index is 0.205. The highest BCUT2D eigenvalue weighted by atomic mass is 16.3. The Hall–Kier alpha value is -3.27. The quantitative estimate of drug-likeness (QED) is 0.547. The predicted molar refractivity (Wildman–Crippen MR) is 105 cm³/mol. The Bertz CT molecular complexity index is 806. The monoisotopic (exact) mass is 331 g/mol. The fraction of sp³-hybridized carbons (Fsp3) is 0.0952. The van der Waals surface area contributed by atoms with E-state index >= 15 is 0 Å². The molecule has 0 atom stereocenters. The number of hydrazone groups is 1. The third-order valence-electron chi connectivity index (χ3n) is 3.84. The summed E-state index contributed by atoms with van der Waals surface area (Å²) in [6.07, 6.45) is 1.68. The van der Waals surface area contributed by atoms with E-state index in [4.69, 9.17) is 0 Å². The molecule has 3 aromatic rings. The van der Waals surface area contributed by atoms with Crippen molar-refractivity contribution in [2.45, 2.75) is 0 Å². The zero-order valence-corrected chi connectivity index (χ0v) is 14.4. The molecule has 0 spiro atoms. The van der Waals surface area contributed by atoms with Crippen LogP contribution in [0.1, 0.15) is 5.56 Å². The minimum Gasteiger partial charge on any atom is -0.507 e. The molecule has 0 aliphatic carbocycles. The molecule has 0 aromatic heterocycles. The van der Waals surface area contributed by atoms with Gasteiger partial charge in [0.05, 0.1) is 17.6 Å². The fourth-order valence-corrected chi connectivity index (χ4v) is 2.46. The lowest BCUT2D eigenvalue weighted by molar-refractivity contribution is 0.474. The van der Waals surface area contributed by atoms with E-state index in [-0.39, 0.29) is 5.75 Å². The molecule has 0 aliphatic heterocycles. The van der Waals surface area contributed by atoms with E-state index in [1.807, 2.05) is 96.8 Å². The number of anilines is 3. The molecule has 0 radical (unpaired) electrons. The molecule has 0 saturated carbocycles. The molecule has 0 amide bonds. The Morgan fingerprint density at radius 2 is 1.32 bits per heavy atom. The third-order valence-corrected chi connectivity index (χ3v) is 3.84. The maximum atomic E-state index is 10.3. The lowest BCUT2D eigenvalue weighted by Crippen LogP contribution is -2.10. The molecular weight excluding hydrogens is 310 g/mol. The van der Waals surface area contributed by atoms with Gasteiger partial charge in [0.25, 0.3) is 0 Å². The van der Waals surface area contributed by atoms with Crippen LogP contribution >= 0.6 is 0 Å². The van der Waals surface area contributed by atoms with Gasteiger partial charge in [-0.3, -0.25) is 0 Å². The average Bonchev–Trinajstić information content (AvgIpc) is 2.64. The number of nitrogens with zero attached hydrogens (tertiary/aromatic N) is 3. The van der Waals surface area contributed by atoms with Crippen molar-refractivity contribution in [2.24, 2.45) is 5.10 Å². The second kappa shape index (κ2) is 7.53. The van der Waals surface area contributed by atoms with Crippen LogP contribution in [0.15, 0.2) is 84.0 Å². The number of phenolic OH excluding ortho intramolecular Hbond substituents is 1. The average molecular weight is 331 g/mol. The largest absolute Gasteiger partial charge is 0.507 e. The summed E-state index contributed by atoms with van der Waals surface area (Å²) < 4.78 is 0. The van der Waals surface area contributed by atoms with Gasteiger partial charge in [-0.25, -0.2) is 5.01 Å². The second-order valence-electron chi connectivity index (χ2n) is 5.87. The summed E-state index contributed by atoms with van der Waals surface area (Å²) in [4.78, 5) is 1.95. The third kappa shape index (κ3) is 3.98. The van der Waals surface area contributed by atoms with Crippen LogP contribution in [-0.2, 0) is 0 Å². The number of aromatic hydroxyl groups is 1. The molecule has 4 heteroatoms. The maximum absolute atomic E-state index is 10.3. The Labute approximate surface area is 148 Å². The highest BCUT2D eigenvalue weighted by Gasteiger charge is 2.08. The molecule has 0 heterocycles. The van der Waals surface area contributed by atoms with Crippen LogP contribution in [0.2, 0.25) is 0 Å². The van der Waals surface area contributed by atoms with E-state index in [0.717, 1.165) is 17.1 Å². The molecule has 3 rings (SSSR count). The molecule has 3 aromatic carbocycles. The van der Waals surface area contributed by atoms with E-state index < -0.39 is 0 Å². The van der Waals surface area contributed by atoms with Crippen molar-refractivity contribution in [2.75, 3.05) is 24.0 Å². The topological polar surface area (TPSA) is 39.1 Å². The first kappa shape index (κ1) is 16.6. The molecule has 0 fully saturated rings. The normalized spacial score (nSPS) is 10.8. The minimum atomic E-state index is 0.205. The summed E-state index contributed by atoms with van der Waals surface area (Å²) in [5.74, 6) is 0.205. The fourth-order valence-electron chi connectivity index (χ4n) is 2.46. The first-order valence-corrected chi connectivity index (χ1v) is 8.10. The van der Waals surface area contributed by atoms with Gasteiger partial charge in [-0.1, -0.05) is 36.4 Å². The van der Waals surface area contributed by atoms with Crippen molar-refractivity contribution < 1.29 is 5.11 Å². The van der Waals surface area contributed by atoms with Crippen LogP contribution in [0, 0.1) is 0 Å². The Morgan fingerprint density at radius 3 is 1.80 bits per heavy atom. The molecule has 0 unspecified atom stereocenters. The highest BCUT2D eigenvalue weighted by Crippen LogP contribution is 2.26. The Kier molecular flexibility index (Phi) is 5.00. The van der Waals surface area contributed by atoms with Gasteiger partial charge in [0.2, 0.25) is 0 Å². The van der Waals surface area contributed by atoms with Crippen LogP contribution in [-0.4, -0.2) is 25.4 Å². The van der Waals surface area contributed by atoms with Gasteiger partial charge in [0.15, 0.2) is 0 Å². The van der Waals surface area contributed by atoms with E-state index in [2.05, 4.69) is 5.10 Å². The van der Waals surface area contributed by atoms with Gasteiger partial charge in [0, 0.05) is 31.4 Å². The number of hydrogen-bond donors (Lipinski definition) is 1. The van der Waals surface area contributed by atoms with E-state index in [1.54, 1.807) is 12.3 Å². The Morgan fingerprint density at radius 1 is 0.760 bits per heavy atom. The van der Waals surface area contributed by atoms with Crippen molar-refractivity contribution in [3.8, 4) is 5.75 Å². The molecule has 126 valence electrons. The predicted octanol–water partition coefficient (Wildman–Crippen LogP) is 4.63. The molecule has 4 nitrogen and oxygen atoms in total. The zero-order valence-electron chi connectivity index (χ0n) is 14.4. The van der Waals surface area contributed by atoms with Gasteiger partial charge in [-0.05, 0) is 36.4 Å². The smallest absolute Gasteiger partial charge is 0.126 e. The van der Waals surface area contributed by atoms with Gasteiger partial charge in [-0.2, -0.15) is 5.10 Å². The molecule has 0 bridgehead atoms. The summed E-state index contributed by atoms with van der Waals surface area (Å²) in [7, 11) is 3.88. The number of hydrogen-bond acceptors (Lipinski definition) is 4. The zero-order chi connectivity index (χ0) is 17.6. The van der Waals surface area contributed by atoms with Gasteiger partial charge in [-0.15, -0.1) is 0 Å². The van der Waals surface area contributed by atoms with Crippen molar-refractivity contribution in [1.29, 1.82) is 0 Å². The van der Waals surface area contributed by atoms with Crippen molar-refractivity contribution in [1.82, 2.24) is 0 Å². The van der Waals surface area contributed by atoms with Crippen LogP contribution in [0.25, 0.3) is 0 Å². The summed E-state index contributed by atoms with van der Waals surface area (Å²) in [5, 5.41) is 16.7. The summed E-state index contributed by atoms with van der Waals surface area (Å²) in [6, 6.07) is 25.4. The lowest BCUT2D eigenvalue weighted by atomic mass is 10.2. The van der Waals surface area contributed by atoms with Crippen LogP contribution < -0.4 is 9.91 Å². The van der Waals surface area contributed by atoms with E-state index in [9.17, 15) is 5.11 Å². The van der Waals surface area contributed by atoms with E-state index in [1.165, 1.54) is 0 Å². The van der Waals surface area contributed by atoms with Gasteiger partial charge < -0.3 is 10.0 Å². The highest BCUT2D eigenvalue weighted by molar-refractivity contribution is 5.86. The molecule has 0 aliphatic rings. The van der Waals surface area contributed by atoms with Crippen molar-refractivity contribution in [3.05, 3.63) is 84.4 Å². The first-order valence-electron chi connectivity index (χ1n) is 8.10. The summed E-state index contributed by atoms with van der Waals surface area (Å²) in [5.41, 5.74) is 3.52. The first-order chi connectivity index (χ1) is 12.1. The molecule has 25 heavy (non-hydrogen) atoms. The summed E-state index contributed by atoms with van der Waals surface area (Å²) >= 11 is 0. The molecule has 0 saturated heterocycles. The SMILES string of the molecule is CN(C)c1ccc(C=NN(c2ccccc2)c2ccccc2)c(O)c1. The van der Waals surface area contributed by atoms with Crippen LogP contribution in [0.5, 0.6) is 5.75 Å². The summed E-state index contributed by atoms with van der Waals surface area (Å²) in [6.45, 7) is 0. The van der Waals surface area contributed by atoms with E-state index in [0.29, 0.717) is 5.56 Å². The molecular formula is C21H21N3O. The Balaban J connectivity index is 1.94.